The molecule has 0 aliphatic heterocycles. The fourth-order valence-corrected chi connectivity index (χ4v) is 3.25. The van der Waals surface area contributed by atoms with Gasteiger partial charge in [0.2, 0.25) is 0 Å². The fraction of sp³-hybridized carbons (Fsp3) is 0.625. The van der Waals surface area contributed by atoms with E-state index in [1.54, 1.807) is 18.2 Å². The Morgan fingerprint density at radius 1 is 1.43 bits per heavy atom. The molecular formula is C16H24N2O3. The predicted molar refractivity (Wildman–Crippen MR) is 83.9 cm³/mol. The van der Waals surface area contributed by atoms with Crippen molar-refractivity contribution in [1.82, 2.24) is 0 Å². The number of nitrogens with zero attached hydrogens (tertiary/aromatic N) is 1. The summed E-state index contributed by atoms with van der Waals surface area (Å²) in [5, 5.41) is 14.4. The van der Waals surface area contributed by atoms with Gasteiger partial charge in [-0.15, -0.1) is 0 Å². The first-order chi connectivity index (χ1) is 10.1. The number of rotatable bonds is 6. The number of nitro groups is 1. The average Bonchev–Trinajstić information content (AvgIpc) is 2.46. The first-order valence-electron chi connectivity index (χ1n) is 7.67. The Hall–Kier alpha value is -1.78. The van der Waals surface area contributed by atoms with E-state index in [9.17, 15) is 10.1 Å². The van der Waals surface area contributed by atoms with Crippen molar-refractivity contribution < 1.29 is 9.66 Å². The highest BCUT2D eigenvalue weighted by atomic mass is 16.6. The molecule has 1 saturated carbocycles. The van der Waals surface area contributed by atoms with E-state index in [1.165, 1.54) is 32.8 Å². The van der Waals surface area contributed by atoms with Crippen molar-refractivity contribution in [3.05, 3.63) is 28.3 Å². The molecule has 21 heavy (non-hydrogen) atoms. The Morgan fingerprint density at radius 2 is 2.24 bits per heavy atom. The van der Waals surface area contributed by atoms with Gasteiger partial charge < -0.3 is 10.1 Å². The molecule has 5 heteroatoms. The van der Waals surface area contributed by atoms with E-state index in [4.69, 9.17) is 4.74 Å². The minimum atomic E-state index is -0.385. The number of nitro benzene ring substituents is 1. The van der Waals surface area contributed by atoms with Crippen LogP contribution < -0.4 is 10.1 Å². The maximum Gasteiger partial charge on any atom is 0.333 e. The quantitative estimate of drug-likeness (QED) is 0.629. The van der Waals surface area contributed by atoms with Gasteiger partial charge in [-0.1, -0.05) is 32.3 Å². The smallest absolute Gasteiger partial charge is 0.333 e. The van der Waals surface area contributed by atoms with Crippen LogP contribution in [0.4, 0.5) is 11.4 Å². The van der Waals surface area contributed by atoms with Gasteiger partial charge in [0, 0.05) is 6.54 Å². The number of anilines is 1. The highest BCUT2D eigenvalue weighted by molar-refractivity contribution is 5.68. The molecule has 1 aliphatic carbocycles. The van der Waals surface area contributed by atoms with Crippen LogP contribution in [-0.2, 0) is 0 Å². The molecule has 1 aromatic rings. The molecule has 5 nitrogen and oxygen atoms in total. The van der Waals surface area contributed by atoms with Crippen molar-refractivity contribution in [2.24, 2.45) is 11.8 Å². The molecule has 116 valence electrons. The number of nitrogens with one attached hydrogen (secondary N) is 1. The van der Waals surface area contributed by atoms with Crippen LogP contribution in [0.1, 0.15) is 39.0 Å². The monoisotopic (exact) mass is 292 g/mol. The standard InChI is InChI=1S/C16H24N2O3/c1-12-5-3-6-13(11-12)9-10-17-14-7-4-8-15(21-2)16(14)18(19)20/h4,7-8,12-13,17H,3,5-6,9-11H2,1-2H3. The van der Waals surface area contributed by atoms with Crippen molar-refractivity contribution >= 4 is 11.4 Å². The molecular weight excluding hydrogens is 268 g/mol. The van der Waals surface area contributed by atoms with Gasteiger partial charge in [-0.3, -0.25) is 10.1 Å². The summed E-state index contributed by atoms with van der Waals surface area (Å²) in [5.41, 5.74) is 0.570. The number of benzene rings is 1. The summed E-state index contributed by atoms with van der Waals surface area (Å²) in [5.74, 6) is 1.86. The van der Waals surface area contributed by atoms with Crippen molar-refractivity contribution in [1.29, 1.82) is 0 Å². The molecule has 2 unspecified atom stereocenters. The zero-order chi connectivity index (χ0) is 15.2. The van der Waals surface area contributed by atoms with Gasteiger partial charge in [0.25, 0.3) is 0 Å². The van der Waals surface area contributed by atoms with Crippen molar-refractivity contribution in [3.63, 3.8) is 0 Å². The van der Waals surface area contributed by atoms with Gasteiger partial charge in [-0.25, -0.2) is 0 Å². The van der Waals surface area contributed by atoms with E-state index in [1.807, 2.05) is 0 Å². The lowest BCUT2D eigenvalue weighted by Crippen LogP contribution is -2.17. The largest absolute Gasteiger partial charge is 0.490 e. The second kappa shape index (κ2) is 7.29. The maximum atomic E-state index is 11.2. The van der Waals surface area contributed by atoms with Crippen molar-refractivity contribution in [2.75, 3.05) is 19.0 Å². The third-order valence-electron chi connectivity index (χ3n) is 4.31. The Labute approximate surface area is 125 Å². The van der Waals surface area contributed by atoms with E-state index in [0.717, 1.165) is 24.8 Å². The third kappa shape index (κ3) is 4.09. The summed E-state index contributed by atoms with van der Waals surface area (Å²) in [6.45, 7) is 3.08. The molecule has 2 rings (SSSR count). The number of methoxy groups -OCH3 is 1. The zero-order valence-corrected chi connectivity index (χ0v) is 12.8. The van der Waals surface area contributed by atoms with Crippen LogP contribution in [-0.4, -0.2) is 18.6 Å². The summed E-state index contributed by atoms with van der Waals surface area (Å²) in [4.78, 5) is 10.8. The van der Waals surface area contributed by atoms with E-state index < -0.39 is 0 Å². The summed E-state index contributed by atoms with van der Waals surface area (Å²) >= 11 is 0. The van der Waals surface area contributed by atoms with Crippen LogP contribution in [0.5, 0.6) is 5.75 Å². The molecule has 0 aromatic heterocycles. The van der Waals surface area contributed by atoms with Gasteiger partial charge in [0.05, 0.1) is 12.0 Å². The van der Waals surface area contributed by atoms with E-state index >= 15 is 0 Å². The molecule has 1 N–H and O–H groups in total. The van der Waals surface area contributed by atoms with Gasteiger partial charge >= 0.3 is 5.69 Å². The summed E-state index contributed by atoms with van der Waals surface area (Å²) in [6.07, 6.45) is 6.28. The highest BCUT2D eigenvalue weighted by Gasteiger charge is 2.21. The van der Waals surface area contributed by atoms with Crippen LogP contribution in [0, 0.1) is 22.0 Å². The molecule has 2 atom stereocenters. The van der Waals surface area contributed by atoms with Gasteiger partial charge in [-0.05, 0) is 36.8 Å². The second-order valence-electron chi connectivity index (χ2n) is 5.97. The summed E-state index contributed by atoms with van der Waals surface area (Å²) in [7, 11) is 1.45. The summed E-state index contributed by atoms with van der Waals surface area (Å²) < 4.78 is 5.08. The molecule has 0 spiro atoms. The minimum absolute atomic E-state index is 0.0250. The van der Waals surface area contributed by atoms with E-state index in [2.05, 4.69) is 12.2 Å². The number of hydrogen-bond donors (Lipinski definition) is 1. The third-order valence-corrected chi connectivity index (χ3v) is 4.31. The lowest BCUT2D eigenvalue weighted by molar-refractivity contribution is -0.384. The topological polar surface area (TPSA) is 64.4 Å². The van der Waals surface area contributed by atoms with Gasteiger partial charge in [0.15, 0.2) is 5.75 Å². The number of hydrogen-bond acceptors (Lipinski definition) is 4. The van der Waals surface area contributed by atoms with Crippen LogP contribution in [0.3, 0.4) is 0 Å². The SMILES string of the molecule is COc1cccc(NCCC2CCCC(C)C2)c1[N+](=O)[O-]. The van der Waals surface area contributed by atoms with Crippen LogP contribution in [0.15, 0.2) is 18.2 Å². The first-order valence-corrected chi connectivity index (χ1v) is 7.67. The van der Waals surface area contributed by atoms with Crippen molar-refractivity contribution in [3.8, 4) is 5.75 Å². The molecule has 1 fully saturated rings. The normalized spacial score (nSPS) is 21.8. The Kier molecular flexibility index (Phi) is 5.42. The molecule has 0 heterocycles. The van der Waals surface area contributed by atoms with Crippen LogP contribution >= 0.6 is 0 Å². The van der Waals surface area contributed by atoms with Crippen LogP contribution in [0.25, 0.3) is 0 Å². The summed E-state index contributed by atoms with van der Waals surface area (Å²) in [6, 6.07) is 5.13. The molecule has 0 bridgehead atoms. The number of ether oxygens (including phenoxy) is 1. The fourth-order valence-electron chi connectivity index (χ4n) is 3.25. The second-order valence-corrected chi connectivity index (χ2v) is 5.97. The maximum absolute atomic E-state index is 11.2. The molecule has 0 amide bonds. The van der Waals surface area contributed by atoms with E-state index in [0.29, 0.717) is 11.4 Å². The first kappa shape index (κ1) is 15.6. The Morgan fingerprint density at radius 3 is 2.90 bits per heavy atom. The van der Waals surface area contributed by atoms with Gasteiger partial charge in [0.1, 0.15) is 5.69 Å². The average molecular weight is 292 g/mol. The lowest BCUT2D eigenvalue weighted by atomic mass is 9.81. The highest BCUT2D eigenvalue weighted by Crippen LogP contribution is 2.35. The Bertz CT molecular complexity index is 490. The van der Waals surface area contributed by atoms with Crippen molar-refractivity contribution in [2.45, 2.75) is 39.0 Å². The minimum Gasteiger partial charge on any atom is -0.490 e. The number of para-hydroxylation sites is 1. The zero-order valence-electron chi connectivity index (χ0n) is 12.8. The van der Waals surface area contributed by atoms with Gasteiger partial charge in [-0.2, -0.15) is 0 Å². The molecule has 1 aliphatic rings. The van der Waals surface area contributed by atoms with Crippen LogP contribution in [0.2, 0.25) is 0 Å². The lowest BCUT2D eigenvalue weighted by Gasteiger charge is -2.26. The molecule has 1 aromatic carbocycles. The predicted octanol–water partition coefficient (Wildman–Crippen LogP) is 4.23. The molecule has 0 saturated heterocycles. The van der Waals surface area contributed by atoms with E-state index in [-0.39, 0.29) is 10.6 Å². The molecule has 0 radical (unpaired) electrons. The Balaban J connectivity index is 1.95.